The van der Waals surface area contributed by atoms with Crippen LogP contribution in [-0.2, 0) is 7.05 Å². The highest BCUT2D eigenvalue weighted by molar-refractivity contribution is 6.28. The summed E-state index contributed by atoms with van der Waals surface area (Å²) < 4.78 is 7.00. The molecule has 0 aliphatic carbocycles. The van der Waals surface area contributed by atoms with Gasteiger partial charge in [-0.15, -0.1) is 0 Å². The maximum atomic E-state index is 5.59. The van der Waals surface area contributed by atoms with Gasteiger partial charge in [-0.1, -0.05) is 0 Å². The Bertz CT molecular complexity index is 442. The van der Waals surface area contributed by atoms with Gasteiger partial charge in [0.05, 0.1) is 12.4 Å². The van der Waals surface area contributed by atoms with E-state index in [0.29, 0.717) is 11.6 Å². The van der Waals surface area contributed by atoms with Gasteiger partial charge in [0.2, 0.25) is 11.2 Å². The molecule has 2 rings (SSSR count). The smallest absolute Gasteiger partial charge is 0.225 e. The topological polar surface area (TPSA) is 52.8 Å². The quantitative estimate of drug-likeness (QED) is 0.708. The van der Waals surface area contributed by atoms with Gasteiger partial charge < -0.3 is 4.74 Å². The molecule has 2 heterocycles. The number of ether oxygens (including phenoxy) is 1. The highest BCUT2D eigenvalue weighted by Gasteiger charge is 2.01. The first-order chi connectivity index (χ1) is 6.74. The van der Waals surface area contributed by atoms with Gasteiger partial charge in [0, 0.05) is 19.3 Å². The summed E-state index contributed by atoms with van der Waals surface area (Å²) in [7, 11) is 1.81. The molecule has 0 saturated carbocycles. The first-order valence-electron chi connectivity index (χ1n) is 3.89. The SMILES string of the molecule is Cn1cc(Oc2ccnc(Cl)n2)cn1. The van der Waals surface area contributed by atoms with Crippen LogP contribution in [0, 0.1) is 0 Å². The van der Waals surface area contributed by atoms with E-state index in [1.165, 1.54) is 6.20 Å². The summed E-state index contributed by atoms with van der Waals surface area (Å²) in [5, 5.41) is 4.11. The molecule has 72 valence electrons. The summed E-state index contributed by atoms with van der Waals surface area (Å²) in [4.78, 5) is 7.61. The highest BCUT2D eigenvalue weighted by Crippen LogP contribution is 2.18. The van der Waals surface area contributed by atoms with Crippen LogP contribution in [0.5, 0.6) is 11.6 Å². The average molecular weight is 211 g/mol. The lowest BCUT2D eigenvalue weighted by atomic mass is 10.6. The predicted molar refractivity (Wildman–Crippen MR) is 50.3 cm³/mol. The van der Waals surface area contributed by atoms with E-state index in [-0.39, 0.29) is 5.28 Å². The van der Waals surface area contributed by atoms with Crippen molar-refractivity contribution < 1.29 is 4.74 Å². The summed E-state index contributed by atoms with van der Waals surface area (Å²) in [6.45, 7) is 0. The molecule has 0 spiro atoms. The molecule has 6 heteroatoms. The van der Waals surface area contributed by atoms with Crippen molar-refractivity contribution in [3.05, 3.63) is 29.9 Å². The van der Waals surface area contributed by atoms with Gasteiger partial charge in [0.1, 0.15) is 0 Å². The second-order valence-electron chi connectivity index (χ2n) is 2.62. The van der Waals surface area contributed by atoms with Crippen molar-refractivity contribution in [3.8, 4) is 11.6 Å². The van der Waals surface area contributed by atoms with E-state index in [4.69, 9.17) is 16.3 Å². The Balaban J connectivity index is 2.18. The van der Waals surface area contributed by atoms with Crippen molar-refractivity contribution in [1.82, 2.24) is 19.7 Å². The molecule has 0 radical (unpaired) electrons. The molecule has 0 amide bonds. The molecule has 5 nitrogen and oxygen atoms in total. The Labute approximate surface area is 85.3 Å². The van der Waals surface area contributed by atoms with E-state index in [1.54, 1.807) is 30.2 Å². The van der Waals surface area contributed by atoms with Crippen molar-refractivity contribution in [2.24, 2.45) is 7.05 Å². The van der Waals surface area contributed by atoms with E-state index in [1.807, 2.05) is 0 Å². The first-order valence-corrected chi connectivity index (χ1v) is 4.27. The largest absolute Gasteiger partial charge is 0.436 e. The van der Waals surface area contributed by atoms with Crippen LogP contribution < -0.4 is 4.74 Å². The third-order valence-corrected chi connectivity index (χ3v) is 1.69. The number of nitrogens with zero attached hydrogens (tertiary/aromatic N) is 4. The second-order valence-corrected chi connectivity index (χ2v) is 2.95. The zero-order valence-corrected chi connectivity index (χ0v) is 8.14. The molecule has 0 aliphatic heterocycles. The van der Waals surface area contributed by atoms with Crippen LogP contribution in [0.1, 0.15) is 0 Å². The van der Waals surface area contributed by atoms with Gasteiger partial charge in [-0.3, -0.25) is 4.68 Å². The number of hydrogen-bond donors (Lipinski definition) is 0. The molecular weight excluding hydrogens is 204 g/mol. The maximum Gasteiger partial charge on any atom is 0.225 e. The molecule has 2 aromatic heterocycles. The lowest BCUT2D eigenvalue weighted by Gasteiger charge is -1.99. The second kappa shape index (κ2) is 3.63. The number of hydrogen-bond acceptors (Lipinski definition) is 4. The first kappa shape index (κ1) is 8.96. The fourth-order valence-electron chi connectivity index (χ4n) is 0.949. The molecule has 0 unspecified atom stereocenters. The molecule has 0 aliphatic rings. The van der Waals surface area contributed by atoms with Crippen LogP contribution in [0.4, 0.5) is 0 Å². The summed E-state index contributed by atoms with van der Waals surface area (Å²) in [5.41, 5.74) is 0. The van der Waals surface area contributed by atoms with Crippen molar-refractivity contribution in [1.29, 1.82) is 0 Å². The molecule has 2 aromatic rings. The Morgan fingerprint density at radius 3 is 3.00 bits per heavy atom. The van der Waals surface area contributed by atoms with Crippen LogP contribution >= 0.6 is 11.6 Å². The zero-order chi connectivity index (χ0) is 9.97. The van der Waals surface area contributed by atoms with Gasteiger partial charge in [0.15, 0.2) is 5.75 Å². The Hall–Kier alpha value is -1.62. The number of aromatic nitrogens is 4. The summed E-state index contributed by atoms with van der Waals surface area (Å²) >= 11 is 5.59. The van der Waals surface area contributed by atoms with Crippen LogP contribution in [0.15, 0.2) is 24.7 Å². The van der Waals surface area contributed by atoms with Gasteiger partial charge in [-0.2, -0.15) is 10.1 Å². The Morgan fingerprint density at radius 2 is 2.36 bits per heavy atom. The molecule has 14 heavy (non-hydrogen) atoms. The van der Waals surface area contributed by atoms with E-state index in [0.717, 1.165) is 0 Å². The molecule has 0 N–H and O–H groups in total. The fraction of sp³-hybridized carbons (Fsp3) is 0.125. The number of rotatable bonds is 2. The lowest BCUT2D eigenvalue weighted by Crippen LogP contribution is -1.88. The van der Waals surface area contributed by atoms with Crippen molar-refractivity contribution in [2.75, 3.05) is 0 Å². The Kier molecular flexibility index (Phi) is 2.32. The normalized spacial score (nSPS) is 10.1. The number of halogens is 1. The van der Waals surface area contributed by atoms with Crippen molar-refractivity contribution >= 4 is 11.6 Å². The van der Waals surface area contributed by atoms with Gasteiger partial charge in [0.25, 0.3) is 0 Å². The molecule has 0 bridgehead atoms. The minimum absolute atomic E-state index is 0.159. The molecule has 0 aromatic carbocycles. The molecular formula is C8H7ClN4O. The van der Waals surface area contributed by atoms with Crippen LogP contribution in [0.25, 0.3) is 0 Å². The summed E-state index contributed by atoms with van der Waals surface area (Å²) in [5.74, 6) is 1.01. The third kappa shape index (κ3) is 2.00. The van der Waals surface area contributed by atoms with Gasteiger partial charge in [-0.25, -0.2) is 4.98 Å². The maximum absolute atomic E-state index is 5.59. The summed E-state index contributed by atoms with van der Waals surface area (Å²) in [6.07, 6.45) is 4.85. The average Bonchev–Trinajstić information content (AvgIpc) is 2.51. The van der Waals surface area contributed by atoms with Crippen LogP contribution in [-0.4, -0.2) is 19.7 Å². The van der Waals surface area contributed by atoms with Crippen LogP contribution in [0.2, 0.25) is 5.28 Å². The molecule has 0 fully saturated rings. The van der Waals surface area contributed by atoms with Crippen molar-refractivity contribution in [2.45, 2.75) is 0 Å². The Morgan fingerprint density at radius 1 is 1.50 bits per heavy atom. The van der Waals surface area contributed by atoms with E-state index >= 15 is 0 Å². The van der Waals surface area contributed by atoms with Crippen molar-refractivity contribution in [3.63, 3.8) is 0 Å². The standard InChI is InChI=1S/C8H7ClN4O/c1-13-5-6(4-11-13)14-7-2-3-10-8(9)12-7/h2-5H,1H3. The fourth-order valence-corrected chi connectivity index (χ4v) is 1.09. The minimum Gasteiger partial charge on any atom is -0.436 e. The third-order valence-electron chi connectivity index (χ3n) is 1.50. The monoisotopic (exact) mass is 210 g/mol. The lowest BCUT2D eigenvalue weighted by molar-refractivity contribution is 0.461. The van der Waals surface area contributed by atoms with E-state index < -0.39 is 0 Å². The van der Waals surface area contributed by atoms with Gasteiger partial charge >= 0.3 is 0 Å². The van der Waals surface area contributed by atoms with E-state index in [2.05, 4.69) is 15.1 Å². The minimum atomic E-state index is 0.159. The zero-order valence-electron chi connectivity index (χ0n) is 7.38. The summed E-state index contributed by atoms with van der Waals surface area (Å²) in [6, 6.07) is 1.62. The predicted octanol–water partition coefficient (Wildman–Crippen LogP) is 1.66. The highest BCUT2D eigenvalue weighted by atomic mass is 35.5. The number of aryl methyl sites for hydroxylation is 1. The van der Waals surface area contributed by atoms with Gasteiger partial charge in [-0.05, 0) is 11.6 Å². The molecule has 0 atom stereocenters. The molecule has 0 saturated heterocycles. The van der Waals surface area contributed by atoms with Crippen LogP contribution in [0.3, 0.4) is 0 Å². The van der Waals surface area contributed by atoms with E-state index in [9.17, 15) is 0 Å².